The van der Waals surface area contributed by atoms with E-state index in [0.29, 0.717) is 5.69 Å². The van der Waals surface area contributed by atoms with Gasteiger partial charge in [-0.1, -0.05) is 49.7 Å². The van der Waals surface area contributed by atoms with E-state index in [9.17, 15) is 14.4 Å². The predicted octanol–water partition coefficient (Wildman–Crippen LogP) is 5.19. The van der Waals surface area contributed by atoms with Crippen molar-refractivity contribution in [2.45, 2.75) is 26.2 Å². The molecule has 4 N–H and O–H groups in total. The van der Waals surface area contributed by atoms with Crippen LogP contribution >= 0.6 is 0 Å². The normalized spacial score (nSPS) is 12.2. The minimum atomic E-state index is -1.57. The Morgan fingerprint density at radius 2 is 1.62 bits per heavy atom. The van der Waals surface area contributed by atoms with Crippen LogP contribution in [0.3, 0.4) is 0 Å². The number of aryl methyl sites for hydroxylation is 1. The fraction of sp³-hybridized carbons (Fsp3) is 0.160. The number of nitrogen functional groups attached to an aromatic ring is 1. The molecular weight excluding hydrogens is 408 g/mol. The van der Waals surface area contributed by atoms with Crippen molar-refractivity contribution in [3.05, 3.63) is 82.4 Å². The number of nitrogens with one attached hydrogen (secondary N) is 1. The van der Waals surface area contributed by atoms with Crippen LogP contribution in [-0.4, -0.2) is 22.8 Å². The number of fused-ring (bicyclic) bond motifs is 2. The summed E-state index contributed by atoms with van der Waals surface area (Å²) in [7, 11) is 0. The number of carbonyl (C=O) groups is 3. The summed E-state index contributed by atoms with van der Waals surface area (Å²) in [4.78, 5) is 37.7. The maximum absolute atomic E-state index is 13.3. The number of hydrogen-bond acceptors (Lipinski definition) is 6. The van der Waals surface area contributed by atoms with Crippen molar-refractivity contribution in [1.29, 1.82) is 0 Å². The molecule has 0 aromatic heterocycles. The lowest BCUT2D eigenvalue weighted by Gasteiger charge is -2.23. The highest BCUT2D eigenvalue weighted by atomic mass is 16.7. The number of anilines is 3. The van der Waals surface area contributed by atoms with Gasteiger partial charge in [0.2, 0.25) is 0 Å². The fourth-order valence-corrected chi connectivity index (χ4v) is 3.86. The van der Waals surface area contributed by atoms with Gasteiger partial charge in [0.15, 0.2) is 17.3 Å². The van der Waals surface area contributed by atoms with Crippen molar-refractivity contribution in [3.8, 4) is 5.75 Å². The zero-order chi connectivity index (χ0) is 22.8. The van der Waals surface area contributed by atoms with Gasteiger partial charge in [0.05, 0.1) is 22.5 Å². The SMILES string of the molecule is CCCCc1ccc(Nc2cc(OC(=O)O)c(N)c3c2C(=O)c2ccccc2C3=O)cc1. The molecule has 7 nitrogen and oxygen atoms in total. The fourth-order valence-electron chi connectivity index (χ4n) is 3.86. The van der Waals surface area contributed by atoms with Crippen LogP contribution in [0.5, 0.6) is 5.75 Å². The van der Waals surface area contributed by atoms with E-state index in [-0.39, 0.29) is 45.2 Å². The Kier molecular flexibility index (Phi) is 5.64. The maximum atomic E-state index is 13.3. The molecule has 0 unspecified atom stereocenters. The Balaban J connectivity index is 1.82. The highest BCUT2D eigenvalue weighted by molar-refractivity contribution is 6.32. The van der Waals surface area contributed by atoms with Gasteiger partial charge in [-0.25, -0.2) is 4.79 Å². The summed E-state index contributed by atoms with van der Waals surface area (Å²) in [6, 6.07) is 15.5. The van der Waals surface area contributed by atoms with Gasteiger partial charge in [-0.2, -0.15) is 0 Å². The molecule has 32 heavy (non-hydrogen) atoms. The van der Waals surface area contributed by atoms with E-state index in [1.54, 1.807) is 24.3 Å². The lowest BCUT2D eigenvalue weighted by atomic mass is 9.82. The first-order valence-electron chi connectivity index (χ1n) is 10.3. The van der Waals surface area contributed by atoms with E-state index in [0.717, 1.165) is 19.3 Å². The van der Waals surface area contributed by atoms with Crippen molar-refractivity contribution in [2.75, 3.05) is 11.1 Å². The van der Waals surface area contributed by atoms with Crippen LogP contribution < -0.4 is 15.8 Å². The van der Waals surface area contributed by atoms with E-state index < -0.39 is 11.9 Å². The molecule has 3 aromatic rings. The van der Waals surface area contributed by atoms with E-state index in [4.69, 9.17) is 15.6 Å². The van der Waals surface area contributed by atoms with Gasteiger partial charge in [0.1, 0.15) is 0 Å². The van der Waals surface area contributed by atoms with Crippen LogP contribution in [-0.2, 0) is 6.42 Å². The molecule has 0 bridgehead atoms. The molecule has 0 fully saturated rings. The molecule has 0 amide bonds. The Morgan fingerprint density at radius 1 is 1.00 bits per heavy atom. The first kappa shape index (κ1) is 21.1. The van der Waals surface area contributed by atoms with Crippen molar-refractivity contribution in [1.82, 2.24) is 0 Å². The molecular formula is C25H22N2O5. The number of hydrogen-bond donors (Lipinski definition) is 3. The number of unbranched alkanes of at least 4 members (excludes halogenated alkanes) is 1. The van der Waals surface area contributed by atoms with Crippen molar-refractivity contribution >= 4 is 34.8 Å². The van der Waals surface area contributed by atoms with Crippen molar-refractivity contribution in [3.63, 3.8) is 0 Å². The number of ether oxygens (including phenoxy) is 1. The summed E-state index contributed by atoms with van der Waals surface area (Å²) in [5.41, 5.74) is 8.56. The average molecular weight is 430 g/mol. The molecule has 0 saturated carbocycles. The smallest absolute Gasteiger partial charge is 0.449 e. The summed E-state index contributed by atoms with van der Waals surface area (Å²) < 4.78 is 4.81. The van der Waals surface area contributed by atoms with E-state index in [1.165, 1.54) is 11.6 Å². The molecule has 162 valence electrons. The third kappa shape index (κ3) is 3.80. The van der Waals surface area contributed by atoms with Crippen LogP contribution in [0.25, 0.3) is 0 Å². The number of benzene rings is 3. The van der Waals surface area contributed by atoms with E-state index in [1.807, 2.05) is 24.3 Å². The Morgan fingerprint density at radius 3 is 2.22 bits per heavy atom. The maximum Gasteiger partial charge on any atom is 0.511 e. The van der Waals surface area contributed by atoms with E-state index in [2.05, 4.69) is 12.2 Å². The van der Waals surface area contributed by atoms with Gasteiger partial charge in [0.25, 0.3) is 0 Å². The Hall–Kier alpha value is -4.13. The Bertz CT molecular complexity index is 1230. The molecule has 3 aromatic carbocycles. The summed E-state index contributed by atoms with van der Waals surface area (Å²) in [6.45, 7) is 2.13. The molecule has 7 heteroatoms. The summed E-state index contributed by atoms with van der Waals surface area (Å²) >= 11 is 0. The number of carbonyl (C=O) groups excluding carboxylic acids is 2. The number of rotatable bonds is 6. The van der Waals surface area contributed by atoms with Crippen LogP contribution in [0.2, 0.25) is 0 Å². The van der Waals surface area contributed by atoms with Crippen molar-refractivity contribution < 1.29 is 24.2 Å². The second-order valence-corrected chi connectivity index (χ2v) is 7.58. The van der Waals surface area contributed by atoms with Crippen LogP contribution in [0.1, 0.15) is 57.2 Å². The number of nitrogens with two attached hydrogens (primary N) is 1. The first-order chi connectivity index (χ1) is 15.4. The monoisotopic (exact) mass is 430 g/mol. The van der Waals surface area contributed by atoms with Gasteiger partial charge in [-0.3, -0.25) is 9.59 Å². The number of ketones is 2. The second-order valence-electron chi connectivity index (χ2n) is 7.58. The van der Waals surface area contributed by atoms with Gasteiger partial charge < -0.3 is 20.9 Å². The molecule has 0 saturated heterocycles. The topological polar surface area (TPSA) is 119 Å². The zero-order valence-corrected chi connectivity index (χ0v) is 17.5. The largest absolute Gasteiger partial charge is 0.511 e. The minimum absolute atomic E-state index is 0.0606. The molecule has 0 radical (unpaired) electrons. The van der Waals surface area contributed by atoms with Crippen molar-refractivity contribution in [2.24, 2.45) is 0 Å². The highest BCUT2D eigenvalue weighted by Crippen LogP contribution is 2.41. The number of carboxylic acid groups (broad SMARTS) is 1. The predicted molar refractivity (Wildman–Crippen MR) is 121 cm³/mol. The molecule has 0 spiro atoms. The van der Waals surface area contributed by atoms with Gasteiger partial charge in [0, 0.05) is 22.9 Å². The lowest BCUT2D eigenvalue weighted by molar-refractivity contribution is 0.0980. The van der Waals surface area contributed by atoms with Gasteiger partial charge in [-0.05, 0) is 30.5 Å². The molecule has 0 aliphatic heterocycles. The summed E-state index contributed by atoms with van der Waals surface area (Å²) in [5, 5.41) is 12.2. The third-order valence-electron chi connectivity index (χ3n) is 5.45. The standard InChI is InChI=1S/C25H22N2O5/c1-2-3-6-14-9-11-15(12-10-14)27-18-13-19(32-25(30)31)22(26)21-20(18)23(28)16-7-4-5-8-17(16)24(21)29/h4-5,7-13,27H,2-3,6,26H2,1H3,(H,30,31). The highest BCUT2D eigenvalue weighted by Gasteiger charge is 2.35. The average Bonchev–Trinajstić information content (AvgIpc) is 2.78. The molecule has 1 aliphatic carbocycles. The first-order valence-corrected chi connectivity index (χ1v) is 10.3. The summed E-state index contributed by atoms with van der Waals surface area (Å²) in [6.07, 6.45) is 1.58. The van der Waals surface area contributed by atoms with E-state index >= 15 is 0 Å². The molecule has 0 atom stereocenters. The molecule has 1 aliphatic rings. The van der Waals surface area contributed by atoms with Crippen LogP contribution in [0.4, 0.5) is 21.9 Å². The quantitative estimate of drug-likeness (QED) is 0.219. The lowest BCUT2D eigenvalue weighted by Crippen LogP contribution is -2.24. The second kappa shape index (κ2) is 8.55. The Labute approximate surface area is 184 Å². The van der Waals surface area contributed by atoms with Gasteiger partial charge in [-0.15, -0.1) is 0 Å². The third-order valence-corrected chi connectivity index (χ3v) is 5.45. The molecule has 0 heterocycles. The molecule has 4 rings (SSSR count). The zero-order valence-electron chi connectivity index (χ0n) is 17.5. The van der Waals surface area contributed by atoms with Gasteiger partial charge >= 0.3 is 6.16 Å². The summed E-state index contributed by atoms with van der Waals surface area (Å²) in [5.74, 6) is -1.04. The van der Waals surface area contributed by atoms with Crippen LogP contribution in [0.15, 0.2) is 54.6 Å². The minimum Gasteiger partial charge on any atom is -0.449 e. The van der Waals surface area contributed by atoms with Crippen LogP contribution in [0, 0.1) is 0 Å².